The van der Waals surface area contributed by atoms with Gasteiger partial charge in [0.25, 0.3) is 11.8 Å². The van der Waals surface area contributed by atoms with Crippen LogP contribution in [0.25, 0.3) is 33.9 Å². The van der Waals surface area contributed by atoms with E-state index in [4.69, 9.17) is 8.94 Å². The monoisotopic (exact) mass is 469 g/mol. The molecule has 3 heterocycles. The molecule has 1 aliphatic carbocycles. The summed E-state index contributed by atoms with van der Waals surface area (Å²) in [6.07, 6.45) is 5.82. The molecule has 5 aromatic rings. The number of aromatic nitrogens is 4. The Hall–Kier alpha value is -4.40. The highest BCUT2D eigenvalue weighted by Crippen LogP contribution is 2.32. The summed E-state index contributed by atoms with van der Waals surface area (Å²) in [5.41, 5.74) is 4.48. The third kappa shape index (κ3) is 3.84. The molecular formula is C26H23N5O4. The van der Waals surface area contributed by atoms with Crippen molar-refractivity contribution >= 4 is 22.6 Å². The number of nitrogens with zero attached hydrogens (tertiary/aromatic N) is 3. The standard InChI is InChI=1S/C26H23N5O4/c1-15-8-9-17(14-19(15)27-24(32)22-7-4-12-34-22)25-29-23(30-35-25)16-10-11-21-20(13-16)28-26(33)31(21)18-5-2-3-6-18/h4,7-14,18H,2-3,5-6H2,1H3,(H,27,32)(H,28,33). The molecule has 9 nitrogen and oxygen atoms in total. The Labute approximate surface area is 199 Å². The van der Waals surface area contributed by atoms with E-state index in [0.717, 1.165) is 47.8 Å². The molecule has 35 heavy (non-hydrogen) atoms. The molecule has 3 aromatic heterocycles. The quantitative estimate of drug-likeness (QED) is 0.360. The second-order valence-electron chi connectivity index (χ2n) is 8.85. The van der Waals surface area contributed by atoms with Gasteiger partial charge in [-0.1, -0.05) is 24.1 Å². The first-order valence-corrected chi connectivity index (χ1v) is 11.6. The predicted octanol–water partition coefficient (Wildman–Crippen LogP) is 5.32. The van der Waals surface area contributed by atoms with Gasteiger partial charge in [-0.05, 0) is 67.8 Å². The summed E-state index contributed by atoms with van der Waals surface area (Å²) in [7, 11) is 0. The zero-order chi connectivity index (χ0) is 23.9. The lowest BCUT2D eigenvalue weighted by Crippen LogP contribution is -2.20. The minimum absolute atomic E-state index is 0.0818. The summed E-state index contributed by atoms with van der Waals surface area (Å²) in [6, 6.07) is 14.8. The molecule has 1 aliphatic rings. The summed E-state index contributed by atoms with van der Waals surface area (Å²) in [5.74, 6) is 0.627. The Morgan fingerprint density at radius 1 is 1.11 bits per heavy atom. The lowest BCUT2D eigenvalue weighted by molar-refractivity contribution is 0.0996. The molecule has 0 unspecified atom stereocenters. The van der Waals surface area contributed by atoms with Gasteiger partial charge in [0.05, 0.1) is 17.3 Å². The number of aryl methyl sites for hydroxylation is 1. The van der Waals surface area contributed by atoms with E-state index in [0.29, 0.717) is 23.0 Å². The van der Waals surface area contributed by atoms with Crippen LogP contribution in [-0.2, 0) is 0 Å². The highest BCUT2D eigenvalue weighted by atomic mass is 16.5. The molecular weight excluding hydrogens is 446 g/mol. The van der Waals surface area contributed by atoms with Gasteiger partial charge in [-0.25, -0.2) is 4.79 Å². The van der Waals surface area contributed by atoms with Crippen molar-refractivity contribution in [2.45, 2.75) is 38.6 Å². The molecule has 1 amide bonds. The van der Waals surface area contributed by atoms with E-state index in [9.17, 15) is 9.59 Å². The maximum Gasteiger partial charge on any atom is 0.326 e. The Morgan fingerprint density at radius 2 is 1.94 bits per heavy atom. The minimum Gasteiger partial charge on any atom is -0.459 e. The number of hydrogen-bond donors (Lipinski definition) is 2. The molecule has 0 atom stereocenters. The molecule has 6 rings (SSSR count). The summed E-state index contributed by atoms with van der Waals surface area (Å²) < 4.78 is 12.6. The smallest absolute Gasteiger partial charge is 0.326 e. The summed E-state index contributed by atoms with van der Waals surface area (Å²) in [4.78, 5) is 32.5. The number of fused-ring (bicyclic) bond motifs is 1. The largest absolute Gasteiger partial charge is 0.459 e. The average Bonchev–Trinajstić information content (AvgIpc) is 3.66. The van der Waals surface area contributed by atoms with Gasteiger partial charge in [0.15, 0.2) is 5.76 Å². The molecule has 1 saturated carbocycles. The van der Waals surface area contributed by atoms with Gasteiger partial charge in [-0.3, -0.25) is 9.36 Å². The third-order valence-corrected chi connectivity index (χ3v) is 6.57. The van der Waals surface area contributed by atoms with Crippen molar-refractivity contribution in [3.63, 3.8) is 0 Å². The fourth-order valence-electron chi connectivity index (χ4n) is 4.73. The number of furan rings is 1. The van der Waals surface area contributed by atoms with Crippen molar-refractivity contribution in [1.82, 2.24) is 19.7 Å². The predicted molar refractivity (Wildman–Crippen MR) is 130 cm³/mol. The van der Waals surface area contributed by atoms with Crippen LogP contribution in [0.15, 0.2) is 68.5 Å². The summed E-state index contributed by atoms with van der Waals surface area (Å²) in [6.45, 7) is 1.90. The number of carbonyl (C=O) groups is 1. The third-order valence-electron chi connectivity index (χ3n) is 6.57. The number of nitrogens with one attached hydrogen (secondary N) is 2. The van der Waals surface area contributed by atoms with E-state index in [1.165, 1.54) is 6.26 Å². The Kier molecular flexibility index (Phi) is 5.09. The highest BCUT2D eigenvalue weighted by Gasteiger charge is 2.22. The Bertz CT molecular complexity index is 1590. The molecule has 0 spiro atoms. The molecule has 0 radical (unpaired) electrons. The van der Waals surface area contributed by atoms with Gasteiger partial charge in [0.1, 0.15) is 0 Å². The van der Waals surface area contributed by atoms with E-state index in [1.54, 1.807) is 18.2 Å². The van der Waals surface area contributed by atoms with Crippen molar-refractivity contribution in [3.05, 3.63) is 76.6 Å². The second-order valence-corrected chi connectivity index (χ2v) is 8.85. The topological polar surface area (TPSA) is 119 Å². The van der Waals surface area contributed by atoms with Gasteiger partial charge in [-0.15, -0.1) is 0 Å². The second kappa shape index (κ2) is 8.43. The normalized spacial score (nSPS) is 14.1. The summed E-state index contributed by atoms with van der Waals surface area (Å²) >= 11 is 0. The number of H-pyrrole nitrogens is 1. The van der Waals surface area contributed by atoms with E-state index < -0.39 is 0 Å². The maximum atomic E-state index is 12.6. The van der Waals surface area contributed by atoms with Crippen molar-refractivity contribution < 1.29 is 13.7 Å². The number of aromatic amines is 1. The zero-order valence-electron chi connectivity index (χ0n) is 19.1. The van der Waals surface area contributed by atoms with Crippen LogP contribution >= 0.6 is 0 Å². The van der Waals surface area contributed by atoms with E-state index in [2.05, 4.69) is 20.4 Å². The van der Waals surface area contributed by atoms with Gasteiger partial charge in [0, 0.05) is 22.9 Å². The molecule has 0 aliphatic heterocycles. The number of anilines is 1. The highest BCUT2D eigenvalue weighted by molar-refractivity contribution is 6.02. The van der Waals surface area contributed by atoms with Crippen LogP contribution in [0.5, 0.6) is 0 Å². The first-order valence-electron chi connectivity index (χ1n) is 11.6. The minimum atomic E-state index is -0.340. The lowest BCUT2D eigenvalue weighted by atomic mass is 10.1. The van der Waals surface area contributed by atoms with Crippen LogP contribution in [0.4, 0.5) is 5.69 Å². The van der Waals surface area contributed by atoms with Crippen LogP contribution in [0.2, 0.25) is 0 Å². The van der Waals surface area contributed by atoms with E-state index >= 15 is 0 Å². The SMILES string of the molecule is Cc1ccc(-c2nc(-c3ccc4c(c3)[nH]c(=O)n4C3CCCC3)no2)cc1NC(=O)c1ccco1. The van der Waals surface area contributed by atoms with Crippen molar-refractivity contribution in [2.75, 3.05) is 5.32 Å². The Morgan fingerprint density at radius 3 is 2.74 bits per heavy atom. The van der Waals surface area contributed by atoms with E-state index in [1.807, 2.05) is 41.8 Å². The van der Waals surface area contributed by atoms with Crippen LogP contribution in [0.1, 0.15) is 47.8 Å². The molecule has 176 valence electrons. The van der Waals surface area contributed by atoms with E-state index in [-0.39, 0.29) is 23.4 Å². The van der Waals surface area contributed by atoms with Crippen molar-refractivity contribution in [3.8, 4) is 22.8 Å². The van der Waals surface area contributed by atoms with Crippen LogP contribution < -0.4 is 11.0 Å². The number of carbonyl (C=O) groups excluding carboxylic acids is 1. The lowest BCUT2D eigenvalue weighted by Gasteiger charge is -2.11. The first kappa shape index (κ1) is 21.2. The number of rotatable bonds is 5. The van der Waals surface area contributed by atoms with Gasteiger partial charge in [0.2, 0.25) is 5.82 Å². The van der Waals surface area contributed by atoms with Crippen molar-refractivity contribution in [1.29, 1.82) is 0 Å². The van der Waals surface area contributed by atoms with Crippen LogP contribution in [0, 0.1) is 6.92 Å². The fraction of sp³-hybridized carbons (Fsp3) is 0.231. The number of hydrogen-bond acceptors (Lipinski definition) is 6. The molecule has 9 heteroatoms. The van der Waals surface area contributed by atoms with Gasteiger partial charge in [-0.2, -0.15) is 4.98 Å². The molecule has 0 bridgehead atoms. The molecule has 0 saturated heterocycles. The Balaban J connectivity index is 1.29. The summed E-state index contributed by atoms with van der Waals surface area (Å²) in [5, 5.41) is 7.00. The van der Waals surface area contributed by atoms with Gasteiger partial charge >= 0.3 is 5.69 Å². The fourth-order valence-corrected chi connectivity index (χ4v) is 4.73. The van der Waals surface area contributed by atoms with Crippen LogP contribution in [-0.4, -0.2) is 25.6 Å². The molecule has 1 fully saturated rings. The molecule has 2 aromatic carbocycles. The molecule has 2 N–H and O–H groups in total. The van der Waals surface area contributed by atoms with Gasteiger partial charge < -0.3 is 19.2 Å². The first-order chi connectivity index (χ1) is 17.1. The van der Waals surface area contributed by atoms with Crippen molar-refractivity contribution in [2.24, 2.45) is 0 Å². The number of benzene rings is 2. The zero-order valence-corrected chi connectivity index (χ0v) is 19.1. The average molecular weight is 470 g/mol. The number of amides is 1. The van der Waals surface area contributed by atoms with Crippen LogP contribution in [0.3, 0.4) is 0 Å². The maximum absolute atomic E-state index is 12.6. The number of imidazole rings is 1.